The maximum atomic E-state index is 11.7. The van der Waals surface area contributed by atoms with Crippen molar-refractivity contribution in [1.29, 1.82) is 0 Å². The molecule has 0 aliphatic rings. The Morgan fingerprint density at radius 2 is 1.02 bits per heavy atom. The summed E-state index contributed by atoms with van der Waals surface area (Å²) in [5.74, 6) is 0.280. The quantitative estimate of drug-likeness (QED) is 0.0568. The van der Waals surface area contributed by atoms with Crippen LogP contribution in [0.4, 0.5) is 0 Å². The second-order valence-electron chi connectivity index (χ2n) is 12.0. The van der Waals surface area contributed by atoms with Crippen LogP contribution in [0.2, 0.25) is 0 Å². The second-order valence-corrected chi connectivity index (χ2v) is 14.7. The molecule has 0 bridgehead atoms. The van der Waals surface area contributed by atoms with Crippen LogP contribution in [0.15, 0.2) is 94.7 Å². The third-order valence-corrected chi connectivity index (χ3v) is 9.58. The van der Waals surface area contributed by atoms with Crippen LogP contribution < -0.4 is 14.6 Å². The van der Waals surface area contributed by atoms with Gasteiger partial charge in [-0.2, -0.15) is 8.42 Å². The van der Waals surface area contributed by atoms with E-state index in [-0.39, 0.29) is 43.5 Å². The van der Waals surface area contributed by atoms with E-state index in [4.69, 9.17) is 14.0 Å². The molecule has 51 heavy (non-hydrogen) atoms. The molecule has 0 aliphatic carbocycles. The van der Waals surface area contributed by atoms with Gasteiger partial charge < -0.3 is 24.2 Å². The summed E-state index contributed by atoms with van der Waals surface area (Å²) in [6.45, 7) is 4.38. The van der Waals surface area contributed by atoms with Crippen LogP contribution in [-0.4, -0.2) is 68.8 Å². The van der Waals surface area contributed by atoms with Crippen molar-refractivity contribution < 1.29 is 45.6 Å². The molecule has 0 aliphatic heterocycles. The molecular formula is C38H46CaO10S2. The Hall–Kier alpha value is -2.84. The van der Waals surface area contributed by atoms with E-state index in [1.54, 1.807) is 12.1 Å². The maximum absolute atomic E-state index is 11.7. The average molecular weight is 767 g/mol. The number of benzene rings is 4. The fourth-order valence-electron chi connectivity index (χ4n) is 5.20. The van der Waals surface area contributed by atoms with Crippen molar-refractivity contribution in [3.05, 3.63) is 96.1 Å². The molecule has 272 valence electrons. The first-order valence-corrected chi connectivity index (χ1v) is 19.8. The van der Waals surface area contributed by atoms with E-state index in [2.05, 4.69) is 13.8 Å². The van der Waals surface area contributed by atoms with Crippen molar-refractivity contribution in [2.24, 2.45) is 0 Å². The summed E-state index contributed by atoms with van der Waals surface area (Å²) in [6.07, 6.45) is 14.1. The third kappa shape index (κ3) is 16.2. The zero-order valence-corrected chi connectivity index (χ0v) is 33.1. The minimum atomic E-state index is -4.77. The van der Waals surface area contributed by atoms with Gasteiger partial charge in [0.25, 0.3) is 10.1 Å². The summed E-state index contributed by atoms with van der Waals surface area (Å²) in [5.41, 5.74) is 2.32. The maximum Gasteiger partial charge on any atom is 2.00 e. The van der Waals surface area contributed by atoms with Crippen LogP contribution in [0.5, 0.6) is 34.5 Å². The normalized spacial score (nSPS) is 11.2. The molecule has 4 aromatic carbocycles. The van der Waals surface area contributed by atoms with Crippen LogP contribution in [-0.2, 0) is 33.1 Å². The molecule has 4 aromatic rings. The van der Waals surface area contributed by atoms with Crippen LogP contribution in [0.3, 0.4) is 0 Å². The topological polar surface area (TPSA) is 173 Å². The average Bonchev–Trinajstić information content (AvgIpc) is 3.04. The monoisotopic (exact) mass is 766 g/mol. The fraction of sp³-hybridized carbons (Fsp3) is 0.368. The standard InChI is InChI=1S/2C19H24O5S.Ca/c2*1-2-3-4-5-6-8-15-9-7-10-16(13-15)24-17-11-12-19(18(20)14-17)25(21,22)23;/h2*7,9-14,20H,2-6,8H2,1H3,(H,21,22,23);/q;;+2/p-2. The first-order chi connectivity index (χ1) is 23.8. The molecule has 0 radical (unpaired) electrons. The number of phenolic OH excluding ortho intramolecular Hbond substituents is 1. The van der Waals surface area contributed by atoms with Crippen molar-refractivity contribution in [2.75, 3.05) is 0 Å². The number of hydrogen-bond donors (Lipinski definition) is 2. The Labute approximate surface area is 332 Å². The van der Waals surface area contributed by atoms with Gasteiger partial charge >= 0.3 is 37.7 Å². The van der Waals surface area contributed by atoms with E-state index in [9.17, 15) is 31.6 Å². The Balaban J connectivity index is 0.000000347. The van der Waals surface area contributed by atoms with Gasteiger partial charge in [-0.1, -0.05) is 95.2 Å². The van der Waals surface area contributed by atoms with Crippen LogP contribution >= 0.6 is 0 Å². The van der Waals surface area contributed by atoms with Crippen LogP contribution in [0.25, 0.3) is 0 Å². The minimum absolute atomic E-state index is 0. The van der Waals surface area contributed by atoms with E-state index in [0.717, 1.165) is 49.4 Å². The molecule has 0 fully saturated rings. The molecule has 0 atom stereocenters. The fourth-order valence-corrected chi connectivity index (χ4v) is 6.31. The van der Waals surface area contributed by atoms with Gasteiger partial charge in [0.15, 0.2) is 0 Å². The van der Waals surface area contributed by atoms with Gasteiger partial charge in [-0.05, 0) is 91.4 Å². The van der Waals surface area contributed by atoms with Gasteiger partial charge in [0.1, 0.15) is 43.8 Å². The predicted octanol–water partition coefficient (Wildman–Crippen LogP) is 8.53. The van der Waals surface area contributed by atoms with Crippen molar-refractivity contribution in [2.45, 2.75) is 101 Å². The van der Waals surface area contributed by atoms with Crippen molar-refractivity contribution in [3.8, 4) is 34.5 Å². The first-order valence-electron chi connectivity index (χ1n) is 16.9. The van der Waals surface area contributed by atoms with E-state index < -0.39 is 41.5 Å². The number of aryl methyl sites for hydroxylation is 2. The van der Waals surface area contributed by atoms with Crippen molar-refractivity contribution >= 4 is 58.0 Å². The van der Waals surface area contributed by atoms with E-state index >= 15 is 0 Å². The summed E-state index contributed by atoms with van der Waals surface area (Å²) in [4.78, 5) is -1.30. The number of rotatable bonds is 18. The molecule has 0 aromatic heterocycles. The smallest absolute Gasteiger partial charge is 0.872 e. The van der Waals surface area contributed by atoms with E-state index in [1.165, 1.54) is 75.1 Å². The molecule has 13 heteroatoms. The summed E-state index contributed by atoms with van der Waals surface area (Å²) in [7, 11) is -9.22. The van der Waals surface area contributed by atoms with Gasteiger partial charge in [0, 0.05) is 11.0 Å². The Bertz CT molecular complexity index is 1740. The number of hydrogen-bond acceptors (Lipinski definition) is 9. The molecule has 0 spiro atoms. The minimum Gasteiger partial charge on any atom is -0.872 e. The van der Waals surface area contributed by atoms with Crippen molar-refractivity contribution in [3.63, 3.8) is 0 Å². The second kappa shape index (κ2) is 22.3. The molecule has 0 amide bonds. The van der Waals surface area contributed by atoms with Gasteiger partial charge in [-0.15, -0.1) is 0 Å². The zero-order chi connectivity index (χ0) is 36.6. The SMILES string of the molecule is CCCCCCCc1cccc(Oc2ccc(S(=O)(=O)O)c(O)c2)c1.CCCCCCCc1cccc(Oc2ccc(S(=O)(=O)[O-])c([O-])c2)c1.[Ca+2]. The molecule has 0 unspecified atom stereocenters. The van der Waals surface area contributed by atoms with Gasteiger partial charge in [0.2, 0.25) is 0 Å². The number of aromatic hydroxyl groups is 1. The van der Waals surface area contributed by atoms with Crippen LogP contribution in [0, 0.1) is 0 Å². The zero-order valence-electron chi connectivity index (χ0n) is 29.3. The Morgan fingerprint density at radius 1 is 0.588 bits per heavy atom. The largest absolute Gasteiger partial charge is 2.00 e. The molecule has 0 heterocycles. The molecule has 2 N–H and O–H groups in total. The molecule has 10 nitrogen and oxygen atoms in total. The van der Waals surface area contributed by atoms with Crippen molar-refractivity contribution in [1.82, 2.24) is 0 Å². The number of unbranched alkanes of at least 4 members (excludes halogenated alkanes) is 8. The Kier molecular flexibility index (Phi) is 19.4. The molecule has 0 saturated carbocycles. The Morgan fingerprint density at radius 3 is 1.43 bits per heavy atom. The molecular weight excluding hydrogens is 721 g/mol. The number of phenols is 1. The molecule has 4 rings (SSSR count). The summed E-state index contributed by atoms with van der Waals surface area (Å²) in [6, 6.07) is 22.2. The van der Waals surface area contributed by atoms with E-state index in [1.807, 2.05) is 36.4 Å². The number of ether oxygens (including phenoxy) is 2. The predicted molar refractivity (Wildman–Crippen MR) is 195 cm³/mol. The van der Waals surface area contributed by atoms with Gasteiger partial charge in [-0.25, -0.2) is 8.42 Å². The van der Waals surface area contributed by atoms with E-state index in [0.29, 0.717) is 17.2 Å². The summed E-state index contributed by atoms with van der Waals surface area (Å²) in [5, 5.41) is 21.4. The summed E-state index contributed by atoms with van der Waals surface area (Å²) < 4.78 is 75.3. The van der Waals surface area contributed by atoms with Crippen LogP contribution in [0.1, 0.15) is 89.2 Å². The third-order valence-electron chi connectivity index (χ3n) is 7.80. The summed E-state index contributed by atoms with van der Waals surface area (Å²) >= 11 is 0. The first kappa shape index (κ1) is 44.3. The van der Waals surface area contributed by atoms with Gasteiger partial charge in [-0.3, -0.25) is 4.55 Å². The van der Waals surface area contributed by atoms with Gasteiger partial charge in [0.05, 0.1) is 0 Å². The molecule has 0 saturated heterocycles.